The van der Waals surface area contributed by atoms with Gasteiger partial charge in [-0.05, 0) is 19.1 Å². The summed E-state index contributed by atoms with van der Waals surface area (Å²) in [5, 5.41) is 15.4. The molecule has 0 unspecified atom stereocenters. The van der Waals surface area contributed by atoms with Crippen LogP contribution in [0.15, 0.2) is 24.3 Å². The van der Waals surface area contributed by atoms with Crippen LogP contribution in [0.2, 0.25) is 0 Å². The maximum atomic E-state index is 11.4. The first-order valence-electron chi connectivity index (χ1n) is 8.09. The number of nitrogens with one attached hydrogen (secondary N) is 2. The van der Waals surface area contributed by atoms with Gasteiger partial charge < -0.3 is 25.4 Å². The molecule has 0 radical (unpaired) electrons. The molecule has 1 aliphatic rings. The van der Waals surface area contributed by atoms with Crippen molar-refractivity contribution in [3.8, 4) is 0 Å². The van der Waals surface area contributed by atoms with Crippen LogP contribution in [0.25, 0.3) is 0 Å². The highest BCUT2D eigenvalue weighted by atomic mass is 16.5. The number of aromatic nitrogens is 3. The highest BCUT2D eigenvalue weighted by Crippen LogP contribution is 2.21. The molecule has 2 heterocycles. The van der Waals surface area contributed by atoms with E-state index >= 15 is 0 Å². The molecular weight excluding hydrogens is 324 g/mol. The van der Waals surface area contributed by atoms with E-state index in [1.165, 1.54) is 6.07 Å². The molecular formula is C16H20N6O3. The Bertz CT molecular complexity index is 748. The van der Waals surface area contributed by atoms with Gasteiger partial charge in [-0.2, -0.15) is 15.0 Å². The molecule has 3 rings (SSSR count). The lowest BCUT2D eigenvalue weighted by molar-refractivity contribution is 0.0698. The maximum absolute atomic E-state index is 11.4. The number of morpholine rings is 1. The topological polar surface area (TPSA) is 112 Å². The zero-order chi connectivity index (χ0) is 17.6. The summed E-state index contributed by atoms with van der Waals surface area (Å²) in [4.78, 5) is 26.6. The number of rotatable bonds is 6. The largest absolute Gasteiger partial charge is 0.478 e. The fourth-order valence-electron chi connectivity index (χ4n) is 2.46. The quantitative estimate of drug-likeness (QED) is 0.719. The molecule has 3 N–H and O–H groups in total. The molecule has 1 aromatic heterocycles. The zero-order valence-corrected chi connectivity index (χ0v) is 13.9. The van der Waals surface area contributed by atoms with E-state index in [0.717, 1.165) is 0 Å². The Labute approximate surface area is 145 Å². The second-order valence-electron chi connectivity index (χ2n) is 5.39. The minimum atomic E-state index is -1.02. The molecule has 0 bridgehead atoms. The second kappa shape index (κ2) is 7.75. The molecule has 132 valence electrons. The van der Waals surface area contributed by atoms with Crippen molar-refractivity contribution in [3.63, 3.8) is 0 Å². The Balaban J connectivity index is 1.92. The highest BCUT2D eigenvalue weighted by molar-refractivity contribution is 5.94. The van der Waals surface area contributed by atoms with Gasteiger partial charge in [0, 0.05) is 19.6 Å². The summed E-state index contributed by atoms with van der Waals surface area (Å²) in [5.41, 5.74) is 0.581. The van der Waals surface area contributed by atoms with Gasteiger partial charge in [-0.25, -0.2) is 4.79 Å². The first-order valence-corrected chi connectivity index (χ1v) is 8.09. The first-order chi connectivity index (χ1) is 12.2. The van der Waals surface area contributed by atoms with E-state index in [4.69, 9.17) is 4.74 Å². The molecule has 25 heavy (non-hydrogen) atoms. The lowest BCUT2D eigenvalue weighted by Crippen LogP contribution is -2.37. The van der Waals surface area contributed by atoms with Gasteiger partial charge in [-0.15, -0.1) is 0 Å². The lowest BCUT2D eigenvalue weighted by Gasteiger charge is -2.27. The van der Waals surface area contributed by atoms with Gasteiger partial charge >= 0.3 is 5.97 Å². The number of aromatic carboxylic acids is 1. The second-order valence-corrected chi connectivity index (χ2v) is 5.39. The van der Waals surface area contributed by atoms with Crippen molar-refractivity contribution in [2.75, 3.05) is 48.4 Å². The fraction of sp³-hybridized carbons (Fsp3) is 0.375. The van der Waals surface area contributed by atoms with Crippen molar-refractivity contribution >= 4 is 29.5 Å². The number of carboxylic acids is 1. The Hall–Kier alpha value is -2.94. The summed E-state index contributed by atoms with van der Waals surface area (Å²) < 4.78 is 5.36. The number of nitrogens with zero attached hydrogens (tertiary/aromatic N) is 4. The number of para-hydroxylation sites is 1. The normalized spacial score (nSPS) is 14.2. The molecule has 1 aliphatic heterocycles. The van der Waals surface area contributed by atoms with Crippen molar-refractivity contribution in [1.82, 2.24) is 15.0 Å². The van der Waals surface area contributed by atoms with E-state index in [9.17, 15) is 9.90 Å². The molecule has 2 aromatic rings. The lowest BCUT2D eigenvalue weighted by atomic mass is 10.2. The van der Waals surface area contributed by atoms with Crippen LogP contribution in [0.5, 0.6) is 0 Å². The number of hydrogen-bond donors (Lipinski definition) is 3. The molecule has 0 amide bonds. The van der Waals surface area contributed by atoms with E-state index in [0.29, 0.717) is 56.4 Å². The summed E-state index contributed by atoms with van der Waals surface area (Å²) in [6.07, 6.45) is 0. The molecule has 9 heteroatoms. The van der Waals surface area contributed by atoms with Crippen LogP contribution in [0.1, 0.15) is 17.3 Å². The summed E-state index contributed by atoms with van der Waals surface area (Å²) in [6, 6.07) is 6.63. The standard InChI is InChI=1S/C16H20N6O3/c1-2-17-14-19-15(18-12-6-4-3-5-11(12)13(23)24)21-16(20-14)22-7-9-25-10-8-22/h3-6H,2,7-10H2,1H3,(H,23,24)(H2,17,18,19,20,21). The smallest absolute Gasteiger partial charge is 0.337 e. The summed E-state index contributed by atoms with van der Waals surface area (Å²) in [6.45, 7) is 5.24. The maximum Gasteiger partial charge on any atom is 0.337 e. The molecule has 0 spiro atoms. The predicted molar refractivity (Wildman–Crippen MR) is 93.7 cm³/mol. The minimum Gasteiger partial charge on any atom is -0.478 e. The fourth-order valence-corrected chi connectivity index (χ4v) is 2.46. The predicted octanol–water partition coefficient (Wildman–Crippen LogP) is 1.58. The van der Waals surface area contributed by atoms with Crippen LogP contribution in [0, 0.1) is 0 Å². The Morgan fingerprint density at radius 3 is 2.64 bits per heavy atom. The summed E-state index contributed by atoms with van der Waals surface area (Å²) in [7, 11) is 0. The average molecular weight is 344 g/mol. The number of carbonyl (C=O) groups is 1. The van der Waals surface area contributed by atoms with E-state index in [1.807, 2.05) is 11.8 Å². The molecule has 0 aliphatic carbocycles. The number of ether oxygens (including phenoxy) is 1. The average Bonchev–Trinajstić information content (AvgIpc) is 2.63. The van der Waals surface area contributed by atoms with Gasteiger partial charge in [0.05, 0.1) is 24.5 Å². The van der Waals surface area contributed by atoms with Gasteiger partial charge in [0.15, 0.2) is 0 Å². The SMILES string of the molecule is CCNc1nc(Nc2ccccc2C(=O)O)nc(N2CCOCC2)n1. The molecule has 9 nitrogen and oxygen atoms in total. The number of benzene rings is 1. The monoisotopic (exact) mass is 344 g/mol. The van der Waals surface area contributed by atoms with Crippen molar-refractivity contribution in [2.45, 2.75) is 6.92 Å². The van der Waals surface area contributed by atoms with Gasteiger partial charge in [0.2, 0.25) is 17.8 Å². The number of hydrogen-bond acceptors (Lipinski definition) is 8. The Morgan fingerprint density at radius 2 is 1.92 bits per heavy atom. The van der Waals surface area contributed by atoms with Gasteiger partial charge in [-0.3, -0.25) is 0 Å². The van der Waals surface area contributed by atoms with Crippen LogP contribution < -0.4 is 15.5 Å². The third-order valence-corrected chi connectivity index (χ3v) is 3.66. The van der Waals surface area contributed by atoms with E-state index < -0.39 is 5.97 Å². The van der Waals surface area contributed by atoms with Crippen LogP contribution in [-0.2, 0) is 4.74 Å². The van der Waals surface area contributed by atoms with Gasteiger partial charge in [0.1, 0.15) is 0 Å². The zero-order valence-electron chi connectivity index (χ0n) is 13.9. The van der Waals surface area contributed by atoms with E-state index in [-0.39, 0.29) is 5.56 Å². The number of carboxylic acid groups (broad SMARTS) is 1. The summed E-state index contributed by atoms with van der Waals surface area (Å²) in [5.74, 6) is 0.248. The molecule has 1 fully saturated rings. The number of anilines is 4. The first kappa shape index (κ1) is 16.9. The van der Waals surface area contributed by atoms with Gasteiger partial charge in [-0.1, -0.05) is 12.1 Å². The van der Waals surface area contributed by atoms with E-state index in [1.54, 1.807) is 18.2 Å². The van der Waals surface area contributed by atoms with Crippen molar-refractivity contribution in [3.05, 3.63) is 29.8 Å². The molecule has 1 aromatic carbocycles. The van der Waals surface area contributed by atoms with Crippen LogP contribution in [0.3, 0.4) is 0 Å². The van der Waals surface area contributed by atoms with Crippen molar-refractivity contribution < 1.29 is 14.6 Å². The highest BCUT2D eigenvalue weighted by Gasteiger charge is 2.17. The van der Waals surface area contributed by atoms with Crippen LogP contribution in [0.4, 0.5) is 23.5 Å². The van der Waals surface area contributed by atoms with Crippen molar-refractivity contribution in [2.24, 2.45) is 0 Å². The third kappa shape index (κ3) is 4.13. The van der Waals surface area contributed by atoms with Crippen molar-refractivity contribution in [1.29, 1.82) is 0 Å². The third-order valence-electron chi connectivity index (χ3n) is 3.66. The van der Waals surface area contributed by atoms with E-state index in [2.05, 4.69) is 25.6 Å². The Morgan fingerprint density at radius 1 is 1.20 bits per heavy atom. The Kier molecular flexibility index (Phi) is 5.24. The molecule has 0 saturated carbocycles. The minimum absolute atomic E-state index is 0.154. The summed E-state index contributed by atoms with van der Waals surface area (Å²) >= 11 is 0. The van der Waals surface area contributed by atoms with Crippen LogP contribution >= 0.6 is 0 Å². The van der Waals surface area contributed by atoms with Crippen LogP contribution in [-0.4, -0.2) is 58.9 Å². The molecule has 1 saturated heterocycles. The molecule has 0 atom stereocenters. The van der Waals surface area contributed by atoms with Gasteiger partial charge in [0.25, 0.3) is 0 Å².